The second-order valence-electron chi connectivity index (χ2n) is 3.49. The fraction of sp³-hybridized carbons (Fsp3) is 0.667. The van der Waals surface area contributed by atoms with E-state index < -0.39 is 0 Å². The van der Waals surface area contributed by atoms with Gasteiger partial charge in [-0.15, -0.1) is 11.3 Å². The van der Waals surface area contributed by atoms with E-state index in [9.17, 15) is 0 Å². The average Bonchev–Trinajstić information content (AvgIpc) is 2.81. The molecule has 1 aliphatic rings. The summed E-state index contributed by atoms with van der Waals surface area (Å²) in [5.41, 5.74) is 1.80. The van der Waals surface area contributed by atoms with Gasteiger partial charge in [0.25, 0.3) is 0 Å². The third-order valence-electron chi connectivity index (χ3n) is 2.33. The Morgan fingerprint density at radius 1 is 1.69 bits per heavy atom. The van der Waals surface area contributed by atoms with Crippen molar-refractivity contribution in [2.75, 3.05) is 13.2 Å². The lowest BCUT2D eigenvalue weighted by Crippen LogP contribution is -2.25. The zero-order chi connectivity index (χ0) is 9.10. The molecule has 2 rings (SSSR count). The zero-order valence-corrected chi connectivity index (χ0v) is 8.26. The van der Waals surface area contributed by atoms with Crippen LogP contribution in [0.5, 0.6) is 0 Å². The molecule has 1 unspecified atom stereocenters. The van der Waals surface area contributed by atoms with Crippen molar-refractivity contribution in [3.8, 4) is 0 Å². The molecule has 1 aliphatic carbocycles. The molecule has 1 fully saturated rings. The molecular weight excluding hydrogens is 184 g/mol. The molecular formula is C9H14N2OS. The van der Waals surface area contributed by atoms with E-state index in [2.05, 4.69) is 10.3 Å². The minimum absolute atomic E-state index is 0.0908. The van der Waals surface area contributed by atoms with Crippen LogP contribution in [0.2, 0.25) is 0 Å². The summed E-state index contributed by atoms with van der Waals surface area (Å²) in [5.74, 6) is 0.849. The summed E-state index contributed by atoms with van der Waals surface area (Å²) in [7, 11) is 0. The number of rotatable bonds is 5. The van der Waals surface area contributed by atoms with Gasteiger partial charge < -0.3 is 10.4 Å². The van der Waals surface area contributed by atoms with Crippen LogP contribution in [0.25, 0.3) is 0 Å². The first kappa shape index (κ1) is 9.12. The van der Waals surface area contributed by atoms with Gasteiger partial charge in [-0.05, 0) is 25.3 Å². The Kier molecular flexibility index (Phi) is 2.93. The van der Waals surface area contributed by atoms with E-state index in [1.165, 1.54) is 12.8 Å². The lowest BCUT2D eigenvalue weighted by atomic mass is 10.2. The average molecular weight is 198 g/mol. The maximum Gasteiger partial charge on any atom is 0.0794 e. The fourth-order valence-corrected chi connectivity index (χ4v) is 1.97. The third kappa shape index (κ3) is 2.49. The largest absolute Gasteiger partial charge is 0.394 e. The highest BCUT2D eigenvalue weighted by Crippen LogP contribution is 2.28. The van der Waals surface area contributed by atoms with Crippen molar-refractivity contribution in [1.29, 1.82) is 0 Å². The van der Waals surface area contributed by atoms with Gasteiger partial charge in [-0.1, -0.05) is 0 Å². The Bertz CT molecular complexity index is 246. The fourth-order valence-electron chi connectivity index (χ4n) is 1.28. The summed E-state index contributed by atoms with van der Waals surface area (Å²) < 4.78 is 0. The number of hydrogen-bond acceptors (Lipinski definition) is 4. The van der Waals surface area contributed by atoms with Crippen molar-refractivity contribution in [2.24, 2.45) is 5.92 Å². The van der Waals surface area contributed by atoms with Gasteiger partial charge in [0.15, 0.2) is 0 Å². The molecule has 4 heteroatoms. The standard InChI is InChI=1S/C9H14N2OS/c12-5-8(9-4-10-6-13-9)11-3-7-1-2-7/h4,6-8,11-12H,1-3,5H2. The monoisotopic (exact) mass is 198 g/mol. The smallest absolute Gasteiger partial charge is 0.0794 e. The lowest BCUT2D eigenvalue weighted by molar-refractivity contribution is 0.245. The molecule has 1 aromatic heterocycles. The minimum atomic E-state index is 0.0908. The van der Waals surface area contributed by atoms with Crippen LogP contribution in [-0.2, 0) is 0 Å². The highest BCUT2D eigenvalue weighted by atomic mass is 32.1. The van der Waals surface area contributed by atoms with Crippen molar-refractivity contribution < 1.29 is 5.11 Å². The van der Waals surface area contributed by atoms with E-state index in [0.717, 1.165) is 17.3 Å². The molecule has 0 amide bonds. The summed E-state index contributed by atoms with van der Waals surface area (Å²) in [4.78, 5) is 5.13. The summed E-state index contributed by atoms with van der Waals surface area (Å²) in [6.07, 6.45) is 4.51. The molecule has 0 bridgehead atoms. The Labute approximate surface area is 81.8 Å². The molecule has 1 heterocycles. The van der Waals surface area contributed by atoms with E-state index in [1.807, 2.05) is 6.20 Å². The van der Waals surface area contributed by atoms with Crippen LogP contribution in [0.1, 0.15) is 23.8 Å². The van der Waals surface area contributed by atoms with E-state index >= 15 is 0 Å². The highest BCUT2D eigenvalue weighted by Gasteiger charge is 2.22. The molecule has 1 aromatic rings. The molecule has 0 spiro atoms. The number of aromatic nitrogens is 1. The summed E-state index contributed by atoms with van der Waals surface area (Å²) >= 11 is 1.59. The Morgan fingerprint density at radius 2 is 2.54 bits per heavy atom. The van der Waals surface area contributed by atoms with E-state index in [0.29, 0.717) is 0 Å². The molecule has 2 N–H and O–H groups in total. The van der Waals surface area contributed by atoms with Crippen molar-refractivity contribution in [1.82, 2.24) is 10.3 Å². The summed E-state index contributed by atoms with van der Waals surface area (Å²) in [5, 5.41) is 12.5. The molecule has 0 aliphatic heterocycles. The van der Waals surface area contributed by atoms with Crippen LogP contribution in [0.15, 0.2) is 11.7 Å². The Morgan fingerprint density at radius 3 is 3.08 bits per heavy atom. The maximum absolute atomic E-state index is 9.15. The number of thiazole rings is 1. The maximum atomic E-state index is 9.15. The van der Waals surface area contributed by atoms with Crippen molar-refractivity contribution in [3.05, 3.63) is 16.6 Å². The van der Waals surface area contributed by atoms with Gasteiger partial charge in [-0.3, -0.25) is 4.98 Å². The van der Waals surface area contributed by atoms with Gasteiger partial charge in [-0.25, -0.2) is 0 Å². The van der Waals surface area contributed by atoms with Gasteiger partial charge in [0.05, 0.1) is 18.2 Å². The topological polar surface area (TPSA) is 45.1 Å². The lowest BCUT2D eigenvalue weighted by Gasteiger charge is -2.13. The second-order valence-corrected chi connectivity index (χ2v) is 4.41. The zero-order valence-electron chi connectivity index (χ0n) is 7.44. The first-order valence-corrected chi connectivity index (χ1v) is 5.50. The molecule has 1 saturated carbocycles. The van der Waals surface area contributed by atoms with E-state index in [4.69, 9.17) is 5.11 Å². The summed E-state index contributed by atoms with van der Waals surface area (Å²) in [6, 6.07) is 0.0908. The van der Waals surface area contributed by atoms with Crippen LogP contribution in [0.3, 0.4) is 0 Å². The number of aliphatic hydroxyl groups excluding tert-OH is 1. The number of aliphatic hydroxyl groups is 1. The van der Waals surface area contributed by atoms with E-state index in [-0.39, 0.29) is 12.6 Å². The second kappa shape index (κ2) is 4.17. The molecule has 13 heavy (non-hydrogen) atoms. The first-order valence-electron chi connectivity index (χ1n) is 4.63. The normalized spacial score (nSPS) is 18.8. The number of nitrogens with zero attached hydrogens (tertiary/aromatic N) is 1. The molecule has 0 aromatic carbocycles. The van der Waals surface area contributed by atoms with Gasteiger partial charge in [0.2, 0.25) is 0 Å². The first-order chi connectivity index (χ1) is 6.40. The molecule has 72 valence electrons. The van der Waals surface area contributed by atoms with Crippen molar-refractivity contribution >= 4 is 11.3 Å². The van der Waals surface area contributed by atoms with Crippen LogP contribution in [-0.4, -0.2) is 23.2 Å². The summed E-state index contributed by atoms with van der Waals surface area (Å²) in [6.45, 7) is 1.19. The van der Waals surface area contributed by atoms with Crippen molar-refractivity contribution in [3.63, 3.8) is 0 Å². The van der Waals surface area contributed by atoms with Crippen LogP contribution >= 0.6 is 11.3 Å². The molecule has 0 radical (unpaired) electrons. The van der Waals surface area contributed by atoms with Crippen LogP contribution < -0.4 is 5.32 Å². The van der Waals surface area contributed by atoms with Gasteiger partial charge in [0, 0.05) is 11.1 Å². The van der Waals surface area contributed by atoms with Crippen LogP contribution in [0, 0.1) is 5.92 Å². The number of hydrogen-bond donors (Lipinski definition) is 2. The Balaban J connectivity index is 1.85. The third-order valence-corrected chi connectivity index (χ3v) is 3.22. The Hall–Kier alpha value is -0.450. The molecule has 3 nitrogen and oxygen atoms in total. The quantitative estimate of drug-likeness (QED) is 0.746. The highest BCUT2D eigenvalue weighted by molar-refractivity contribution is 7.09. The predicted octanol–water partition coefficient (Wildman–Crippen LogP) is 1.18. The van der Waals surface area contributed by atoms with Gasteiger partial charge >= 0.3 is 0 Å². The molecule has 1 atom stereocenters. The van der Waals surface area contributed by atoms with Gasteiger partial charge in [-0.2, -0.15) is 0 Å². The predicted molar refractivity (Wildman–Crippen MR) is 52.7 cm³/mol. The van der Waals surface area contributed by atoms with E-state index in [1.54, 1.807) is 16.8 Å². The van der Waals surface area contributed by atoms with Gasteiger partial charge in [0.1, 0.15) is 0 Å². The SMILES string of the molecule is OCC(NCC1CC1)c1cncs1. The van der Waals surface area contributed by atoms with Crippen molar-refractivity contribution in [2.45, 2.75) is 18.9 Å². The minimum Gasteiger partial charge on any atom is -0.394 e. The van der Waals surface area contributed by atoms with Crippen LogP contribution in [0.4, 0.5) is 0 Å². The number of nitrogens with one attached hydrogen (secondary N) is 1. The molecule has 0 saturated heterocycles.